The predicted octanol–water partition coefficient (Wildman–Crippen LogP) is 13.6. The van der Waals surface area contributed by atoms with Gasteiger partial charge in [-0.1, -0.05) is 111 Å². The molecule has 1 aliphatic carbocycles. The van der Waals surface area contributed by atoms with Crippen molar-refractivity contribution in [1.82, 2.24) is 14.7 Å². The number of aryl methyl sites for hydroxylation is 1. The summed E-state index contributed by atoms with van der Waals surface area (Å²) in [6.45, 7) is 38.5. The number of benzene rings is 2. The number of nitrogens with zero attached hydrogens (tertiary/aromatic N) is 3. The maximum absolute atomic E-state index is 13.5. The fraction of sp³-hybridized carbons (Fsp3) is 0.588. The monoisotopic (exact) mass is 768 g/mol. The Hall–Kier alpha value is -3.57. The van der Waals surface area contributed by atoms with Crippen molar-refractivity contribution in [3.63, 3.8) is 0 Å². The van der Waals surface area contributed by atoms with Gasteiger partial charge in [0.15, 0.2) is 0 Å². The highest BCUT2D eigenvalue weighted by Crippen LogP contribution is 2.50. The molecule has 5 nitrogen and oxygen atoms in total. The second-order valence-corrected chi connectivity index (χ2v) is 16.4. The van der Waals surface area contributed by atoms with Crippen LogP contribution in [-0.2, 0) is 17.8 Å². The van der Waals surface area contributed by atoms with E-state index in [1.807, 2.05) is 34.7 Å². The number of ether oxygens (including phenoxy) is 1. The van der Waals surface area contributed by atoms with E-state index in [-0.39, 0.29) is 11.9 Å². The molecule has 0 radical (unpaired) electrons. The Morgan fingerprint density at radius 1 is 0.911 bits per heavy atom. The van der Waals surface area contributed by atoms with Crippen LogP contribution in [0.25, 0.3) is 0 Å². The van der Waals surface area contributed by atoms with Crippen molar-refractivity contribution >= 4 is 5.91 Å². The molecule has 2 fully saturated rings. The smallest absolute Gasteiger partial charge is 0.250 e. The van der Waals surface area contributed by atoms with Crippen LogP contribution in [0.5, 0.6) is 5.75 Å². The number of amides is 1. The topological polar surface area (TPSA) is 36.0 Å². The third-order valence-corrected chi connectivity index (χ3v) is 11.7. The quantitative estimate of drug-likeness (QED) is 0.263. The maximum Gasteiger partial charge on any atom is 0.250 e. The fourth-order valence-corrected chi connectivity index (χ4v) is 7.91. The van der Waals surface area contributed by atoms with E-state index in [0.29, 0.717) is 11.6 Å². The Kier molecular flexibility index (Phi) is 19.9. The lowest BCUT2D eigenvalue weighted by atomic mass is 9.87. The van der Waals surface area contributed by atoms with E-state index in [2.05, 4.69) is 146 Å². The zero-order valence-electron chi connectivity index (χ0n) is 38.8. The van der Waals surface area contributed by atoms with Crippen LogP contribution in [0.3, 0.4) is 0 Å². The van der Waals surface area contributed by atoms with Crippen molar-refractivity contribution in [1.29, 1.82) is 0 Å². The molecule has 3 heterocycles. The van der Waals surface area contributed by atoms with E-state index >= 15 is 0 Å². The average Bonchev–Trinajstić information content (AvgIpc) is 3.96. The molecule has 2 aromatic rings. The lowest BCUT2D eigenvalue weighted by Crippen LogP contribution is -2.47. The number of piperidine rings is 1. The third-order valence-electron chi connectivity index (χ3n) is 11.7. The van der Waals surface area contributed by atoms with Crippen molar-refractivity contribution in [2.75, 3.05) is 20.1 Å². The number of para-hydroxylation sites is 1. The zero-order chi connectivity index (χ0) is 42.3. The highest BCUT2D eigenvalue weighted by atomic mass is 16.5. The van der Waals surface area contributed by atoms with Crippen LogP contribution in [0.1, 0.15) is 164 Å². The minimum Gasteiger partial charge on any atom is -0.490 e. The van der Waals surface area contributed by atoms with Crippen molar-refractivity contribution < 1.29 is 9.53 Å². The van der Waals surface area contributed by atoms with Crippen molar-refractivity contribution in [3.05, 3.63) is 111 Å². The summed E-state index contributed by atoms with van der Waals surface area (Å²) in [4.78, 5) is 20.4. The van der Waals surface area contributed by atoms with Gasteiger partial charge in [-0.2, -0.15) is 0 Å². The van der Waals surface area contributed by atoms with Gasteiger partial charge in [0.25, 0.3) is 0 Å². The van der Waals surface area contributed by atoms with Gasteiger partial charge in [0.05, 0.1) is 6.04 Å². The van der Waals surface area contributed by atoms with Gasteiger partial charge in [-0.15, -0.1) is 0 Å². The molecule has 1 spiro atoms. The third kappa shape index (κ3) is 12.5. The van der Waals surface area contributed by atoms with Crippen molar-refractivity contribution in [2.45, 2.75) is 173 Å². The molecule has 5 heteroatoms. The molecule has 0 N–H and O–H groups in total. The van der Waals surface area contributed by atoms with Crippen LogP contribution in [-0.4, -0.2) is 52.4 Å². The lowest BCUT2D eigenvalue weighted by Gasteiger charge is -2.41. The van der Waals surface area contributed by atoms with E-state index in [1.165, 1.54) is 57.4 Å². The Bertz CT molecular complexity index is 1670. The normalized spacial score (nSPS) is 20.1. The Morgan fingerprint density at radius 2 is 1.54 bits per heavy atom. The number of carbonyl (C=O) groups is 1. The number of hydrogen-bond acceptors (Lipinski definition) is 4. The number of rotatable bonds is 7. The summed E-state index contributed by atoms with van der Waals surface area (Å²) >= 11 is 0. The second kappa shape index (κ2) is 23.0. The SMILES string of the molecule is C=C1C(C)=C(C)C(C)=CN1C.CC.CC.CC(C)C.CCC(C)=C(CC)C(=O)N1CCc2c(CN3CCC(Oc4ccccc4C)CC34CC4)cccc2C1C. The Balaban J connectivity index is 0.000000474. The van der Waals surface area contributed by atoms with Crippen molar-refractivity contribution in [2.24, 2.45) is 5.92 Å². The summed E-state index contributed by atoms with van der Waals surface area (Å²) in [5.41, 5.74) is 13.1. The van der Waals surface area contributed by atoms with Crippen LogP contribution in [0, 0.1) is 12.8 Å². The first-order valence-corrected chi connectivity index (χ1v) is 22.0. The van der Waals surface area contributed by atoms with E-state index in [0.717, 1.165) is 74.7 Å². The van der Waals surface area contributed by atoms with Gasteiger partial charge in [0.1, 0.15) is 11.9 Å². The number of likely N-dealkylation sites (N-methyl/N-ethyl adjacent to an activating group) is 1. The van der Waals surface area contributed by atoms with E-state index < -0.39 is 0 Å². The van der Waals surface area contributed by atoms with Gasteiger partial charge in [-0.3, -0.25) is 9.69 Å². The number of hydrogen-bond donors (Lipinski definition) is 0. The molecular weight excluding hydrogens is 687 g/mol. The molecule has 6 rings (SSSR count). The van der Waals surface area contributed by atoms with Crippen molar-refractivity contribution in [3.8, 4) is 5.75 Å². The van der Waals surface area contributed by atoms with Crippen LogP contribution >= 0.6 is 0 Å². The van der Waals surface area contributed by atoms with Crippen LogP contribution in [0.2, 0.25) is 0 Å². The average molecular weight is 768 g/mol. The minimum atomic E-state index is 0.116. The molecule has 56 heavy (non-hydrogen) atoms. The maximum atomic E-state index is 13.5. The fourth-order valence-electron chi connectivity index (χ4n) is 7.91. The molecule has 2 unspecified atom stereocenters. The molecule has 1 amide bonds. The molecule has 312 valence electrons. The zero-order valence-corrected chi connectivity index (χ0v) is 38.8. The highest BCUT2D eigenvalue weighted by Gasteiger charge is 2.52. The standard InChI is InChI=1S/C33H44N2O2.C10H15N.C4H10.2C2H6/c1-6-23(3)28(7-2)32(36)35-20-16-30-26(12-10-13-29(30)25(35)5)22-34-19-15-27(21-33(34)17-18-33)37-31-14-9-8-11-24(31)4;1-7-6-11(5)10(4)9(3)8(7)2;1-4(2)3;2*1-2/h8-14,25,27H,6-7,15-22H2,1-5H3;6H,4H2,1-3,5H3;4H,1-3H3;2*1-2H3. The predicted molar refractivity (Wildman–Crippen MR) is 243 cm³/mol. The van der Waals surface area contributed by atoms with E-state index in [1.54, 1.807) is 0 Å². The molecule has 0 bridgehead atoms. The Morgan fingerprint density at radius 3 is 2.11 bits per heavy atom. The summed E-state index contributed by atoms with van der Waals surface area (Å²) < 4.78 is 6.48. The molecular formula is C51H81N3O2. The molecule has 0 aromatic heterocycles. The summed E-state index contributed by atoms with van der Waals surface area (Å²) in [7, 11) is 2.03. The first kappa shape index (κ1) is 48.6. The summed E-state index contributed by atoms with van der Waals surface area (Å²) in [5, 5.41) is 0. The molecule has 3 aliphatic heterocycles. The number of carbonyl (C=O) groups excluding carboxylic acids is 1. The highest BCUT2D eigenvalue weighted by molar-refractivity contribution is 5.94. The summed E-state index contributed by atoms with van der Waals surface area (Å²) in [6.07, 6.45) is 9.86. The first-order valence-electron chi connectivity index (χ1n) is 22.0. The van der Waals surface area contributed by atoms with Crippen LogP contribution in [0.4, 0.5) is 0 Å². The van der Waals surface area contributed by atoms with Gasteiger partial charge in [-0.05, 0) is 131 Å². The number of likely N-dealkylation sites (tertiary alicyclic amines) is 1. The second-order valence-electron chi connectivity index (χ2n) is 16.4. The molecule has 2 atom stereocenters. The largest absolute Gasteiger partial charge is 0.490 e. The van der Waals surface area contributed by atoms with Gasteiger partial charge < -0.3 is 14.5 Å². The minimum absolute atomic E-state index is 0.116. The number of allylic oxidation sites excluding steroid dienone is 4. The van der Waals surface area contributed by atoms with Crippen LogP contribution in [0.15, 0.2) is 88.8 Å². The lowest BCUT2D eigenvalue weighted by molar-refractivity contribution is -0.129. The molecule has 4 aliphatic rings. The summed E-state index contributed by atoms with van der Waals surface area (Å²) in [6, 6.07) is 15.3. The molecule has 2 aromatic carbocycles. The van der Waals surface area contributed by atoms with E-state index in [4.69, 9.17) is 4.74 Å². The van der Waals surface area contributed by atoms with Gasteiger partial charge >= 0.3 is 0 Å². The first-order chi connectivity index (χ1) is 26.6. The van der Waals surface area contributed by atoms with E-state index in [9.17, 15) is 4.79 Å². The van der Waals surface area contributed by atoms with Gasteiger partial charge in [-0.25, -0.2) is 0 Å². The molecule has 1 saturated carbocycles. The van der Waals surface area contributed by atoms with Gasteiger partial charge in [0.2, 0.25) is 5.91 Å². The Labute approximate surface area is 345 Å². The van der Waals surface area contributed by atoms with Crippen LogP contribution < -0.4 is 4.74 Å². The summed E-state index contributed by atoms with van der Waals surface area (Å²) in [5.74, 6) is 2.11. The number of fused-ring (bicyclic) bond motifs is 1. The molecule has 1 saturated heterocycles. The van der Waals surface area contributed by atoms with Gasteiger partial charge in [0, 0.05) is 56.1 Å².